The van der Waals surface area contributed by atoms with Gasteiger partial charge < -0.3 is 5.32 Å². The number of nitrogens with one attached hydrogen (secondary N) is 1. The Balaban J connectivity index is 2.52. The molecule has 0 aliphatic carbocycles. The maximum Gasteiger partial charge on any atom is 0.175 e. The lowest BCUT2D eigenvalue weighted by atomic mass is 9.91. The molecule has 5 heteroatoms. The summed E-state index contributed by atoms with van der Waals surface area (Å²) in [5.41, 5.74) is 0.785. The summed E-state index contributed by atoms with van der Waals surface area (Å²) in [6, 6.07) is 5.06. The standard InChI is InChI=1S/C12H16ClNO2S/c1-12(4-3-5-14-12)9-6-10(13)8-11(7-9)17(2,15)16/h6-8,14H,3-5H2,1-2H3. The minimum Gasteiger partial charge on any atom is -0.308 e. The number of hydrogen-bond acceptors (Lipinski definition) is 3. The van der Waals surface area contributed by atoms with Gasteiger partial charge in [0.05, 0.1) is 4.90 Å². The van der Waals surface area contributed by atoms with Gasteiger partial charge in [-0.25, -0.2) is 8.42 Å². The molecule has 0 bridgehead atoms. The Kier molecular flexibility index (Phi) is 3.23. The summed E-state index contributed by atoms with van der Waals surface area (Å²) in [6.07, 6.45) is 3.29. The molecule has 1 atom stereocenters. The Morgan fingerprint density at radius 2 is 2.06 bits per heavy atom. The van der Waals surface area contributed by atoms with E-state index in [1.165, 1.54) is 12.3 Å². The van der Waals surface area contributed by atoms with Crippen molar-refractivity contribution < 1.29 is 8.42 Å². The molecule has 0 saturated carbocycles. The van der Waals surface area contributed by atoms with E-state index in [9.17, 15) is 8.42 Å². The van der Waals surface area contributed by atoms with E-state index in [0.717, 1.165) is 24.9 Å². The van der Waals surface area contributed by atoms with Crippen molar-refractivity contribution in [3.63, 3.8) is 0 Å². The van der Waals surface area contributed by atoms with Gasteiger partial charge >= 0.3 is 0 Å². The molecule has 1 N–H and O–H groups in total. The molecule has 1 aromatic carbocycles. The Hall–Kier alpha value is -0.580. The van der Waals surface area contributed by atoms with E-state index >= 15 is 0 Å². The number of halogens is 1. The van der Waals surface area contributed by atoms with Gasteiger partial charge in [0.25, 0.3) is 0 Å². The summed E-state index contributed by atoms with van der Waals surface area (Å²) in [7, 11) is -3.22. The molecule has 1 aromatic rings. The lowest BCUT2D eigenvalue weighted by molar-refractivity contribution is 0.434. The quantitative estimate of drug-likeness (QED) is 0.900. The van der Waals surface area contributed by atoms with Crippen molar-refractivity contribution in [2.45, 2.75) is 30.2 Å². The predicted molar refractivity (Wildman–Crippen MR) is 69.2 cm³/mol. The van der Waals surface area contributed by atoms with Crippen molar-refractivity contribution in [1.29, 1.82) is 0 Å². The molecule has 0 radical (unpaired) electrons. The Bertz CT molecular complexity index is 533. The molecule has 0 aromatic heterocycles. The second-order valence-electron chi connectivity index (χ2n) is 4.81. The van der Waals surface area contributed by atoms with Crippen molar-refractivity contribution in [1.82, 2.24) is 5.32 Å². The van der Waals surface area contributed by atoms with Crippen LogP contribution in [-0.2, 0) is 15.4 Å². The van der Waals surface area contributed by atoms with E-state index in [4.69, 9.17) is 11.6 Å². The molecule has 1 heterocycles. The van der Waals surface area contributed by atoms with Crippen LogP contribution in [0.3, 0.4) is 0 Å². The third kappa shape index (κ3) is 2.64. The van der Waals surface area contributed by atoms with Crippen LogP contribution in [0.5, 0.6) is 0 Å². The highest BCUT2D eigenvalue weighted by Crippen LogP contribution is 2.33. The second kappa shape index (κ2) is 4.26. The molecule has 3 nitrogen and oxygen atoms in total. The van der Waals surface area contributed by atoms with Crippen molar-refractivity contribution in [3.05, 3.63) is 28.8 Å². The highest BCUT2D eigenvalue weighted by Gasteiger charge is 2.31. The summed E-state index contributed by atoms with van der Waals surface area (Å²) in [6.45, 7) is 3.04. The summed E-state index contributed by atoms with van der Waals surface area (Å²) >= 11 is 6.00. The number of hydrogen-bond donors (Lipinski definition) is 1. The third-order valence-corrected chi connectivity index (χ3v) is 4.62. The average Bonchev–Trinajstić information content (AvgIpc) is 2.64. The maximum atomic E-state index is 11.6. The van der Waals surface area contributed by atoms with Crippen molar-refractivity contribution >= 4 is 21.4 Å². The first kappa shape index (κ1) is 12.9. The molecule has 1 saturated heterocycles. The highest BCUT2D eigenvalue weighted by molar-refractivity contribution is 7.90. The molecule has 94 valence electrons. The molecular weight excluding hydrogens is 258 g/mol. The largest absolute Gasteiger partial charge is 0.308 e. The van der Waals surface area contributed by atoms with Gasteiger partial charge in [-0.2, -0.15) is 0 Å². The van der Waals surface area contributed by atoms with Gasteiger partial charge in [0, 0.05) is 16.8 Å². The zero-order valence-electron chi connectivity index (χ0n) is 9.96. The molecule has 1 fully saturated rings. The van der Waals surface area contributed by atoms with Gasteiger partial charge in [-0.15, -0.1) is 0 Å². The summed E-state index contributed by atoms with van der Waals surface area (Å²) in [5.74, 6) is 0. The molecule has 17 heavy (non-hydrogen) atoms. The zero-order chi connectivity index (χ0) is 12.7. The van der Waals surface area contributed by atoms with E-state index in [1.807, 2.05) is 6.07 Å². The van der Waals surface area contributed by atoms with Gasteiger partial charge in [0.15, 0.2) is 9.84 Å². The molecule has 1 aliphatic rings. The number of sulfone groups is 1. The van der Waals surface area contributed by atoms with Crippen LogP contribution in [0.25, 0.3) is 0 Å². The predicted octanol–water partition coefficient (Wildman–Crippen LogP) is 2.34. The van der Waals surface area contributed by atoms with Crippen LogP contribution in [0.1, 0.15) is 25.3 Å². The van der Waals surface area contributed by atoms with Crippen molar-refractivity contribution in [2.75, 3.05) is 12.8 Å². The van der Waals surface area contributed by atoms with Gasteiger partial charge in [-0.3, -0.25) is 0 Å². The van der Waals surface area contributed by atoms with Crippen LogP contribution in [0.4, 0.5) is 0 Å². The molecule has 0 spiro atoms. The fraction of sp³-hybridized carbons (Fsp3) is 0.500. The first-order valence-corrected chi connectivity index (χ1v) is 7.84. The van der Waals surface area contributed by atoms with E-state index in [2.05, 4.69) is 12.2 Å². The molecule has 1 unspecified atom stereocenters. The van der Waals surface area contributed by atoms with Crippen molar-refractivity contribution in [3.8, 4) is 0 Å². The van der Waals surface area contributed by atoms with Gasteiger partial charge in [-0.05, 0) is 50.1 Å². The van der Waals surface area contributed by atoms with E-state index in [0.29, 0.717) is 5.02 Å². The lowest BCUT2D eigenvalue weighted by Crippen LogP contribution is -2.33. The van der Waals surface area contributed by atoms with Gasteiger partial charge in [0.1, 0.15) is 0 Å². The zero-order valence-corrected chi connectivity index (χ0v) is 11.5. The average molecular weight is 274 g/mol. The Morgan fingerprint density at radius 3 is 2.59 bits per heavy atom. The molecule has 2 rings (SSSR count). The van der Waals surface area contributed by atoms with Gasteiger partial charge in [-0.1, -0.05) is 11.6 Å². The summed E-state index contributed by atoms with van der Waals surface area (Å²) in [5, 5.41) is 3.87. The molecule has 0 amide bonds. The van der Waals surface area contributed by atoms with Crippen LogP contribution in [0, 0.1) is 0 Å². The van der Waals surface area contributed by atoms with Crippen LogP contribution in [0.15, 0.2) is 23.1 Å². The first-order chi connectivity index (χ1) is 7.81. The topological polar surface area (TPSA) is 46.2 Å². The molecule has 1 aliphatic heterocycles. The monoisotopic (exact) mass is 273 g/mol. The third-order valence-electron chi connectivity index (χ3n) is 3.31. The maximum absolute atomic E-state index is 11.6. The highest BCUT2D eigenvalue weighted by atomic mass is 35.5. The Morgan fingerprint density at radius 1 is 1.35 bits per heavy atom. The van der Waals surface area contributed by atoms with E-state index < -0.39 is 9.84 Å². The SMILES string of the molecule is CC1(c2cc(Cl)cc(S(C)(=O)=O)c2)CCCN1. The minimum atomic E-state index is -3.22. The van der Waals surface area contributed by atoms with Crippen LogP contribution >= 0.6 is 11.6 Å². The number of benzene rings is 1. The molecular formula is C12H16ClNO2S. The number of rotatable bonds is 2. The summed E-state index contributed by atoms with van der Waals surface area (Å²) < 4.78 is 23.2. The second-order valence-corrected chi connectivity index (χ2v) is 7.26. The van der Waals surface area contributed by atoms with Crippen LogP contribution in [0.2, 0.25) is 5.02 Å². The van der Waals surface area contributed by atoms with Crippen LogP contribution in [-0.4, -0.2) is 21.2 Å². The van der Waals surface area contributed by atoms with E-state index in [-0.39, 0.29) is 10.4 Å². The van der Waals surface area contributed by atoms with Gasteiger partial charge in [0.2, 0.25) is 0 Å². The lowest BCUT2D eigenvalue weighted by Gasteiger charge is -2.25. The summed E-state index contributed by atoms with van der Waals surface area (Å²) in [4.78, 5) is 0.287. The fourth-order valence-electron chi connectivity index (χ4n) is 2.24. The first-order valence-electron chi connectivity index (χ1n) is 5.57. The Labute approximate surface area is 107 Å². The van der Waals surface area contributed by atoms with Crippen molar-refractivity contribution in [2.24, 2.45) is 0 Å². The fourth-order valence-corrected chi connectivity index (χ4v) is 3.22. The van der Waals surface area contributed by atoms with Crippen LogP contribution < -0.4 is 5.32 Å². The van der Waals surface area contributed by atoms with E-state index in [1.54, 1.807) is 6.07 Å². The minimum absolute atomic E-state index is 0.162. The normalized spacial score (nSPS) is 25.1. The smallest absolute Gasteiger partial charge is 0.175 e.